The lowest BCUT2D eigenvalue weighted by Gasteiger charge is -2.26. The number of hydrogen-bond acceptors (Lipinski definition) is 4. The highest BCUT2D eigenvalue weighted by Crippen LogP contribution is 2.29. The molecule has 114 valence electrons. The number of amides is 1. The van der Waals surface area contributed by atoms with E-state index in [0.29, 0.717) is 29.9 Å². The van der Waals surface area contributed by atoms with Gasteiger partial charge in [0.2, 0.25) is 5.91 Å². The van der Waals surface area contributed by atoms with Crippen molar-refractivity contribution in [1.82, 2.24) is 4.90 Å². The summed E-state index contributed by atoms with van der Waals surface area (Å²) in [4.78, 5) is 14.1. The predicted molar refractivity (Wildman–Crippen MR) is 91.2 cm³/mol. The first kappa shape index (κ1) is 16.5. The third-order valence-corrected chi connectivity index (χ3v) is 5.02. The Morgan fingerprint density at radius 3 is 2.81 bits per heavy atom. The first-order valence-electron chi connectivity index (χ1n) is 7.20. The average molecular weight is 323 g/mol. The van der Waals surface area contributed by atoms with Crippen LogP contribution < -0.4 is 0 Å². The molecule has 1 aliphatic rings. The highest BCUT2D eigenvalue weighted by molar-refractivity contribution is 8.23. The van der Waals surface area contributed by atoms with E-state index >= 15 is 0 Å². The molecule has 1 atom stereocenters. The molecule has 1 aliphatic heterocycles. The van der Waals surface area contributed by atoms with Crippen LogP contribution in [0.25, 0.3) is 0 Å². The number of thiocarbonyl (C=S) groups is 1. The maximum Gasteiger partial charge on any atom is 0.230 e. The van der Waals surface area contributed by atoms with Crippen LogP contribution in [0.2, 0.25) is 0 Å². The second-order valence-corrected chi connectivity index (χ2v) is 7.09. The van der Waals surface area contributed by atoms with E-state index < -0.39 is 0 Å². The van der Waals surface area contributed by atoms with Crippen LogP contribution in [0.15, 0.2) is 30.3 Å². The Bertz CT molecular complexity index is 490. The molecule has 0 bridgehead atoms. The van der Waals surface area contributed by atoms with Crippen LogP contribution in [0, 0.1) is 5.92 Å². The summed E-state index contributed by atoms with van der Waals surface area (Å²) in [5.74, 6) is 1.41. The lowest BCUT2D eigenvalue weighted by molar-refractivity contribution is -0.130. The largest absolute Gasteiger partial charge is 0.376 e. The van der Waals surface area contributed by atoms with Gasteiger partial charge in [-0.05, 0) is 11.5 Å². The number of carbonyl (C=O) groups is 1. The monoisotopic (exact) mass is 323 g/mol. The summed E-state index contributed by atoms with van der Waals surface area (Å²) >= 11 is 6.90. The van der Waals surface area contributed by atoms with Crippen LogP contribution in [0.1, 0.15) is 25.8 Å². The fourth-order valence-electron chi connectivity index (χ4n) is 2.26. The Labute approximate surface area is 136 Å². The van der Waals surface area contributed by atoms with Crippen LogP contribution in [-0.4, -0.2) is 33.5 Å². The van der Waals surface area contributed by atoms with Crippen LogP contribution >= 0.6 is 24.0 Å². The number of nitrogens with zero attached hydrogens (tertiary/aromatic N) is 1. The minimum Gasteiger partial charge on any atom is -0.376 e. The smallest absolute Gasteiger partial charge is 0.230 e. The molecule has 1 aromatic rings. The summed E-state index contributed by atoms with van der Waals surface area (Å²) in [6, 6.07) is 10.2. The SMILES string of the molecule is CC(C)[C@@H]1CSC(=S)N1C(=O)CCOCc1ccccc1. The van der Waals surface area contributed by atoms with E-state index in [-0.39, 0.29) is 11.9 Å². The van der Waals surface area contributed by atoms with Crippen LogP contribution in [0.4, 0.5) is 0 Å². The van der Waals surface area contributed by atoms with Crippen LogP contribution in [-0.2, 0) is 16.1 Å². The second-order valence-electron chi connectivity index (χ2n) is 5.44. The third kappa shape index (κ3) is 4.53. The maximum absolute atomic E-state index is 12.3. The van der Waals surface area contributed by atoms with Crippen LogP contribution in [0.5, 0.6) is 0 Å². The summed E-state index contributed by atoms with van der Waals surface area (Å²) in [5, 5.41) is 0. The first-order chi connectivity index (χ1) is 10.1. The van der Waals surface area contributed by atoms with Crippen molar-refractivity contribution in [3.05, 3.63) is 35.9 Å². The number of hydrogen-bond donors (Lipinski definition) is 0. The van der Waals surface area contributed by atoms with E-state index in [1.807, 2.05) is 30.3 Å². The molecule has 3 nitrogen and oxygen atoms in total. The lowest BCUT2D eigenvalue weighted by atomic mass is 10.0. The van der Waals surface area contributed by atoms with Crippen molar-refractivity contribution in [2.24, 2.45) is 5.92 Å². The fourth-order valence-corrected chi connectivity index (χ4v) is 3.92. The molecule has 5 heteroatoms. The van der Waals surface area contributed by atoms with Gasteiger partial charge in [0.15, 0.2) is 0 Å². The molecular weight excluding hydrogens is 302 g/mol. The van der Waals surface area contributed by atoms with E-state index in [2.05, 4.69) is 13.8 Å². The van der Waals surface area contributed by atoms with Crippen molar-refractivity contribution < 1.29 is 9.53 Å². The van der Waals surface area contributed by atoms with Crippen molar-refractivity contribution >= 4 is 34.2 Å². The third-order valence-electron chi connectivity index (χ3n) is 3.52. The Morgan fingerprint density at radius 2 is 2.14 bits per heavy atom. The van der Waals surface area contributed by atoms with Gasteiger partial charge in [-0.15, -0.1) is 0 Å². The second kappa shape index (κ2) is 7.92. The normalized spacial score (nSPS) is 18.5. The molecule has 0 unspecified atom stereocenters. The minimum absolute atomic E-state index is 0.0803. The van der Waals surface area contributed by atoms with Gasteiger partial charge < -0.3 is 4.74 Å². The zero-order valence-electron chi connectivity index (χ0n) is 12.5. The van der Waals surface area contributed by atoms with Gasteiger partial charge in [0.05, 0.1) is 19.6 Å². The molecule has 0 saturated carbocycles. The van der Waals surface area contributed by atoms with Crippen molar-refractivity contribution in [3.63, 3.8) is 0 Å². The topological polar surface area (TPSA) is 29.5 Å². The molecule has 0 N–H and O–H groups in total. The standard InChI is InChI=1S/C16H21NO2S2/c1-12(2)14-11-21-16(20)17(14)15(18)8-9-19-10-13-6-4-3-5-7-13/h3-7,12,14H,8-11H2,1-2H3/t14-/m0/s1. The average Bonchev–Trinajstić information content (AvgIpc) is 2.86. The number of thioether (sulfide) groups is 1. The molecule has 1 heterocycles. The van der Waals surface area contributed by atoms with E-state index in [4.69, 9.17) is 17.0 Å². The molecule has 1 amide bonds. The molecule has 1 aromatic carbocycles. The lowest BCUT2D eigenvalue weighted by Crippen LogP contribution is -2.41. The van der Waals surface area contributed by atoms with Crippen molar-refractivity contribution in [3.8, 4) is 0 Å². The molecule has 21 heavy (non-hydrogen) atoms. The van der Waals surface area contributed by atoms with Gasteiger partial charge >= 0.3 is 0 Å². The van der Waals surface area contributed by atoms with Gasteiger partial charge in [-0.25, -0.2) is 0 Å². The molecular formula is C16H21NO2S2. The Morgan fingerprint density at radius 1 is 1.43 bits per heavy atom. The summed E-state index contributed by atoms with van der Waals surface area (Å²) in [6.45, 7) is 5.24. The fraction of sp³-hybridized carbons (Fsp3) is 0.500. The van der Waals surface area contributed by atoms with Gasteiger partial charge in [0, 0.05) is 11.8 Å². The summed E-state index contributed by atoms with van der Waals surface area (Å²) in [5.41, 5.74) is 1.12. The summed E-state index contributed by atoms with van der Waals surface area (Å²) in [6.07, 6.45) is 0.386. The quantitative estimate of drug-likeness (QED) is 0.592. The van der Waals surface area contributed by atoms with Crippen LogP contribution in [0.3, 0.4) is 0 Å². The molecule has 0 aliphatic carbocycles. The van der Waals surface area contributed by atoms with Crippen molar-refractivity contribution in [2.75, 3.05) is 12.4 Å². The first-order valence-corrected chi connectivity index (χ1v) is 8.59. The zero-order valence-corrected chi connectivity index (χ0v) is 14.1. The van der Waals surface area contributed by atoms with Gasteiger partial charge in [0.1, 0.15) is 4.32 Å². The molecule has 0 radical (unpaired) electrons. The van der Waals surface area contributed by atoms with E-state index in [1.54, 1.807) is 16.7 Å². The van der Waals surface area contributed by atoms with Crippen molar-refractivity contribution in [2.45, 2.75) is 32.9 Å². The molecule has 1 saturated heterocycles. The number of benzene rings is 1. The number of carbonyl (C=O) groups excluding carboxylic acids is 1. The van der Waals surface area contributed by atoms with E-state index in [1.165, 1.54) is 0 Å². The highest BCUT2D eigenvalue weighted by atomic mass is 32.2. The summed E-state index contributed by atoms with van der Waals surface area (Å²) < 4.78 is 6.29. The Hall–Kier alpha value is -0.910. The Kier molecular flexibility index (Phi) is 6.21. The van der Waals surface area contributed by atoms with Gasteiger partial charge in [-0.1, -0.05) is 68.2 Å². The van der Waals surface area contributed by atoms with E-state index in [0.717, 1.165) is 11.3 Å². The molecule has 2 rings (SSSR count). The predicted octanol–water partition coefficient (Wildman–Crippen LogP) is 3.48. The van der Waals surface area contributed by atoms with Gasteiger partial charge in [0.25, 0.3) is 0 Å². The Balaban J connectivity index is 1.77. The molecule has 0 spiro atoms. The zero-order chi connectivity index (χ0) is 15.2. The molecule has 0 aromatic heterocycles. The number of rotatable bonds is 6. The maximum atomic E-state index is 12.3. The molecule has 1 fully saturated rings. The van der Waals surface area contributed by atoms with Crippen molar-refractivity contribution in [1.29, 1.82) is 0 Å². The highest BCUT2D eigenvalue weighted by Gasteiger charge is 2.35. The minimum atomic E-state index is 0.0803. The van der Waals surface area contributed by atoms with E-state index in [9.17, 15) is 4.79 Å². The summed E-state index contributed by atoms with van der Waals surface area (Å²) in [7, 11) is 0. The van der Waals surface area contributed by atoms with Gasteiger partial charge in [-0.2, -0.15) is 0 Å². The number of ether oxygens (including phenoxy) is 1. The van der Waals surface area contributed by atoms with Gasteiger partial charge in [-0.3, -0.25) is 9.69 Å².